The van der Waals surface area contributed by atoms with E-state index in [1.807, 2.05) is 0 Å². The predicted molar refractivity (Wildman–Crippen MR) is 68.0 cm³/mol. The number of amides is 1. The molecule has 0 spiro atoms. The lowest BCUT2D eigenvalue weighted by Crippen LogP contribution is -2.14. The fourth-order valence-electron chi connectivity index (χ4n) is 1.48. The summed E-state index contributed by atoms with van der Waals surface area (Å²) in [7, 11) is 0. The summed E-state index contributed by atoms with van der Waals surface area (Å²) in [5.74, 6) is 0.126. The number of carbonyl (C=O) groups is 1. The average Bonchev–Trinajstić information content (AvgIpc) is 2.80. The van der Waals surface area contributed by atoms with Crippen LogP contribution in [-0.4, -0.2) is 30.5 Å². The number of hydrogen-bond donors (Lipinski definition) is 1. The van der Waals surface area contributed by atoms with Crippen LogP contribution in [0, 0.1) is 0 Å². The van der Waals surface area contributed by atoms with Gasteiger partial charge in [-0.1, -0.05) is 11.6 Å². The topological polar surface area (TPSA) is 85.1 Å². The molecule has 7 nitrogen and oxygen atoms in total. The third kappa shape index (κ3) is 2.36. The number of carbonyl (C=O) groups excluding carboxylic acids is 1. The standard InChI is InChI=1S/C11H7ClN6O/c12-7-2-4-13-8(6-7)9(19)15-10-16-11-14-3-1-5-18(11)17-10/h1-6H,(H,15,17,19). The van der Waals surface area contributed by atoms with Crippen molar-refractivity contribution in [2.24, 2.45) is 0 Å². The molecule has 0 aliphatic heterocycles. The van der Waals surface area contributed by atoms with Crippen molar-refractivity contribution in [2.75, 3.05) is 5.32 Å². The maximum atomic E-state index is 11.9. The van der Waals surface area contributed by atoms with Gasteiger partial charge in [0.25, 0.3) is 17.6 Å². The van der Waals surface area contributed by atoms with Crippen molar-refractivity contribution in [1.29, 1.82) is 0 Å². The van der Waals surface area contributed by atoms with Gasteiger partial charge in [-0.15, -0.1) is 5.10 Å². The Balaban J connectivity index is 1.86. The van der Waals surface area contributed by atoms with Gasteiger partial charge in [0.2, 0.25) is 0 Å². The molecule has 3 aromatic heterocycles. The molecule has 3 heterocycles. The zero-order valence-corrected chi connectivity index (χ0v) is 10.2. The number of pyridine rings is 1. The molecule has 0 aliphatic rings. The summed E-state index contributed by atoms with van der Waals surface area (Å²) in [4.78, 5) is 23.9. The normalized spacial score (nSPS) is 10.6. The monoisotopic (exact) mass is 274 g/mol. The summed E-state index contributed by atoms with van der Waals surface area (Å²) in [6.45, 7) is 0. The van der Waals surface area contributed by atoms with Crippen LogP contribution in [0.3, 0.4) is 0 Å². The van der Waals surface area contributed by atoms with Crippen LogP contribution in [0.15, 0.2) is 36.8 Å². The summed E-state index contributed by atoms with van der Waals surface area (Å²) in [5.41, 5.74) is 0.194. The molecule has 0 unspecified atom stereocenters. The Bertz CT molecular complexity index is 723. The second-order valence-electron chi connectivity index (χ2n) is 3.61. The third-order valence-corrected chi connectivity index (χ3v) is 2.53. The van der Waals surface area contributed by atoms with Gasteiger partial charge >= 0.3 is 0 Å². The van der Waals surface area contributed by atoms with Crippen LogP contribution in [0.5, 0.6) is 0 Å². The number of fused-ring (bicyclic) bond motifs is 1. The molecule has 0 aromatic carbocycles. The number of hydrogen-bond acceptors (Lipinski definition) is 5. The summed E-state index contributed by atoms with van der Waals surface area (Å²) in [5, 5.41) is 7.02. The van der Waals surface area contributed by atoms with Gasteiger partial charge in [0, 0.05) is 23.6 Å². The van der Waals surface area contributed by atoms with E-state index in [0.717, 1.165) is 0 Å². The van der Waals surface area contributed by atoms with Crippen molar-refractivity contribution >= 4 is 29.2 Å². The van der Waals surface area contributed by atoms with Crippen molar-refractivity contribution in [3.8, 4) is 0 Å². The number of nitrogens with zero attached hydrogens (tertiary/aromatic N) is 5. The first-order valence-corrected chi connectivity index (χ1v) is 5.70. The van der Waals surface area contributed by atoms with Crippen molar-refractivity contribution in [3.63, 3.8) is 0 Å². The minimum atomic E-state index is -0.432. The molecule has 1 amide bonds. The van der Waals surface area contributed by atoms with Gasteiger partial charge in [-0.05, 0) is 18.2 Å². The van der Waals surface area contributed by atoms with Crippen molar-refractivity contribution in [1.82, 2.24) is 24.6 Å². The molecule has 1 N–H and O–H groups in total. The van der Waals surface area contributed by atoms with E-state index in [1.165, 1.54) is 16.8 Å². The van der Waals surface area contributed by atoms with E-state index in [4.69, 9.17) is 11.6 Å². The van der Waals surface area contributed by atoms with E-state index in [-0.39, 0.29) is 11.6 Å². The Kier molecular flexibility index (Phi) is 2.81. The predicted octanol–water partition coefficient (Wildman–Crippen LogP) is 1.43. The first-order valence-electron chi connectivity index (χ1n) is 5.33. The lowest BCUT2D eigenvalue weighted by Gasteiger charge is -1.99. The van der Waals surface area contributed by atoms with Gasteiger partial charge in [-0.3, -0.25) is 15.1 Å². The van der Waals surface area contributed by atoms with E-state index in [9.17, 15) is 4.79 Å². The van der Waals surface area contributed by atoms with Gasteiger partial charge in [0.15, 0.2) is 0 Å². The second-order valence-corrected chi connectivity index (χ2v) is 4.05. The molecule has 94 valence electrons. The number of aromatic nitrogens is 5. The van der Waals surface area contributed by atoms with Crippen LogP contribution in [0.1, 0.15) is 10.5 Å². The highest BCUT2D eigenvalue weighted by Gasteiger charge is 2.11. The average molecular weight is 275 g/mol. The first-order chi connectivity index (χ1) is 9.22. The SMILES string of the molecule is O=C(Nc1nc2ncccn2n1)c1cc(Cl)ccn1. The summed E-state index contributed by atoms with van der Waals surface area (Å²) < 4.78 is 1.46. The molecule has 0 radical (unpaired) electrons. The Labute approximate surface area is 112 Å². The summed E-state index contributed by atoms with van der Waals surface area (Å²) in [6.07, 6.45) is 4.73. The van der Waals surface area contributed by atoms with Crippen molar-refractivity contribution < 1.29 is 4.79 Å². The molecule has 0 saturated carbocycles. The number of nitrogens with one attached hydrogen (secondary N) is 1. The third-order valence-electron chi connectivity index (χ3n) is 2.30. The zero-order chi connectivity index (χ0) is 13.2. The largest absolute Gasteiger partial charge is 0.288 e. The molecule has 0 saturated heterocycles. The minimum Gasteiger partial charge on any atom is -0.288 e. The fourth-order valence-corrected chi connectivity index (χ4v) is 1.64. The number of anilines is 1. The quantitative estimate of drug-likeness (QED) is 0.764. The molecular weight excluding hydrogens is 268 g/mol. The molecule has 8 heteroatoms. The highest BCUT2D eigenvalue weighted by molar-refractivity contribution is 6.30. The van der Waals surface area contributed by atoms with E-state index in [0.29, 0.717) is 10.8 Å². The Morgan fingerprint density at radius 1 is 1.32 bits per heavy atom. The minimum absolute atomic E-state index is 0.158. The lowest BCUT2D eigenvalue weighted by molar-refractivity contribution is 0.102. The molecule has 0 aliphatic carbocycles. The van der Waals surface area contributed by atoms with Gasteiger partial charge < -0.3 is 0 Å². The van der Waals surface area contributed by atoms with E-state index in [1.54, 1.807) is 24.5 Å². The number of rotatable bonds is 2. The van der Waals surface area contributed by atoms with Crippen LogP contribution in [0.4, 0.5) is 5.95 Å². The van der Waals surface area contributed by atoms with Gasteiger partial charge in [-0.25, -0.2) is 9.50 Å². The maximum absolute atomic E-state index is 11.9. The Morgan fingerprint density at radius 3 is 3.00 bits per heavy atom. The first kappa shape index (κ1) is 11.5. The molecule has 0 bridgehead atoms. The highest BCUT2D eigenvalue weighted by Crippen LogP contribution is 2.09. The maximum Gasteiger partial charge on any atom is 0.276 e. The van der Waals surface area contributed by atoms with Crippen LogP contribution in [0.25, 0.3) is 5.78 Å². The van der Waals surface area contributed by atoms with Gasteiger partial charge in [0.05, 0.1) is 0 Å². The van der Waals surface area contributed by atoms with Crippen LogP contribution in [-0.2, 0) is 0 Å². The van der Waals surface area contributed by atoms with E-state index >= 15 is 0 Å². The smallest absolute Gasteiger partial charge is 0.276 e. The Morgan fingerprint density at radius 2 is 2.21 bits per heavy atom. The molecular formula is C11H7ClN6O. The van der Waals surface area contributed by atoms with Crippen LogP contribution >= 0.6 is 11.6 Å². The molecule has 0 atom stereocenters. The van der Waals surface area contributed by atoms with Gasteiger partial charge in [0.1, 0.15) is 5.69 Å². The highest BCUT2D eigenvalue weighted by atomic mass is 35.5. The summed E-state index contributed by atoms with van der Waals surface area (Å²) >= 11 is 5.79. The van der Waals surface area contributed by atoms with Crippen LogP contribution < -0.4 is 5.32 Å². The fraction of sp³-hybridized carbons (Fsp3) is 0. The molecule has 3 rings (SSSR count). The van der Waals surface area contributed by atoms with E-state index in [2.05, 4.69) is 25.4 Å². The van der Waals surface area contributed by atoms with Crippen molar-refractivity contribution in [2.45, 2.75) is 0 Å². The van der Waals surface area contributed by atoms with E-state index < -0.39 is 5.91 Å². The lowest BCUT2D eigenvalue weighted by atomic mass is 10.3. The van der Waals surface area contributed by atoms with Crippen LogP contribution in [0.2, 0.25) is 5.02 Å². The molecule has 0 fully saturated rings. The van der Waals surface area contributed by atoms with Crippen molar-refractivity contribution in [3.05, 3.63) is 47.5 Å². The zero-order valence-electron chi connectivity index (χ0n) is 9.49. The van der Waals surface area contributed by atoms with Gasteiger partial charge in [-0.2, -0.15) is 4.98 Å². The molecule has 19 heavy (non-hydrogen) atoms. The number of halogens is 1. The second kappa shape index (κ2) is 4.62. The Hall–Kier alpha value is -2.54. The summed E-state index contributed by atoms with van der Waals surface area (Å²) in [6, 6.07) is 4.77. The molecule has 3 aromatic rings.